The van der Waals surface area contributed by atoms with Crippen molar-refractivity contribution >= 4 is 23.5 Å². The van der Waals surface area contributed by atoms with Crippen molar-refractivity contribution in [3.63, 3.8) is 0 Å². The molecule has 0 spiro atoms. The molecule has 9 heteroatoms. The molecule has 3 amide bonds. The molecule has 2 aliphatic rings. The van der Waals surface area contributed by atoms with E-state index in [4.69, 9.17) is 0 Å². The zero-order valence-corrected chi connectivity index (χ0v) is 17.7. The Kier molecular flexibility index (Phi) is 5.18. The van der Waals surface area contributed by atoms with Gasteiger partial charge >= 0.3 is 0 Å². The lowest BCUT2D eigenvalue weighted by Crippen LogP contribution is -2.40. The molecule has 1 fully saturated rings. The van der Waals surface area contributed by atoms with Crippen molar-refractivity contribution in [3.05, 3.63) is 71.0 Å². The molecule has 2 aromatic heterocycles. The van der Waals surface area contributed by atoms with Gasteiger partial charge in [0, 0.05) is 17.8 Å². The summed E-state index contributed by atoms with van der Waals surface area (Å²) in [6, 6.07) is 11.6. The molecular formula is C24H20N6O3. The molecule has 0 radical (unpaired) electrons. The first-order valence-electron chi connectivity index (χ1n) is 10.8. The predicted molar refractivity (Wildman–Crippen MR) is 118 cm³/mol. The first kappa shape index (κ1) is 20.6. The highest BCUT2D eigenvalue weighted by atomic mass is 16.2. The molecule has 0 saturated heterocycles. The van der Waals surface area contributed by atoms with Crippen molar-refractivity contribution in [1.29, 1.82) is 5.26 Å². The number of nitrogens with zero attached hydrogens (tertiary/aromatic N) is 5. The summed E-state index contributed by atoms with van der Waals surface area (Å²) in [6.45, 7) is 0. The minimum Gasteiger partial charge on any atom is -0.305 e. The van der Waals surface area contributed by atoms with E-state index in [1.54, 1.807) is 24.4 Å². The number of rotatable bonds is 4. The second kappa shape index (κ2) is 8.31. The van der Waals surface area contributed by atoms with E-state index in [1.165, 1.54) is 34.0 Å². The lowest BCUT2D eigenvalue weighted by atomic mass is 9.94. The maximum atomic E-state index is 13.0. The summed E-state index contributed by atoms with van der Waals surface area (Å²) in [4.78, 5) is 44.5. The fourth-order valence-corrected chi connectivity index (χ4v) is 4.45. The number of benzene rings is 1. The van der Waals surface area contributed by atoms with Gasteiger partial charge in [-0.3, -0.25) is 19.3 Å². The number of hydrogen-bond acceptors (Lipinski definition) is 6. The smallest absolute Gasteiger partial charge is 0.261 e. The Bertz CT molecular complexity index is 1300. The summed E-state index contributed by atoms with van der Waals surface area (Å²) in [6.07, 6.45) is 7.66. The van der Waals surface area contributed by atoms with Crippen molar-refractivity contribution in [1.82, 2.24) is 19.7 Å². The van der Waals surface area contributed by atoms with E-state index >= 15 is 0 Å². The Morgan fingerprint density at radius 3 is 2.58 bits per heavy atom. The highest BCUT2D eigenvalue weighted by Gasteiger charge is 2.40. The Balaban J connectivity index is 1.43. The van der Waals surface area contributed by atoms with Gasteiger partial charge < -0.3 is 5.32 Å². The molecule has 9 nitrogen and oxygen atoms in total. The Morgan fingerprint density at radius 2 is 1.85 bits per heavy atom. The molecule has 33 heavy (non-hydrogen) atoms. The van der Waals surface area contributed by atoms with Crippen LogP contribution in [0.15, 0.2) is 48.8 Å². The summed E-state index contributed by atoms with van der Waals surface area (Å²) in [7, 11) is 0. The second-order valence-corrected chi connectivity index (χ2v) is 8.11. The molecule has 164 valence electrons. The van der Waals surface area contributed by atoms with E-state index < -0.39 is 5.91 Å². The van der Waals surface area contributed by atoms with Crippen LogP contribution in [0.25, 0.3) is 5.82 Å². The number of anilines is 1. The van der Waals surface area contributed by atoms with Crippen molar-refractivity contribution in [2.75, 3.05) is 5.32 Å². The minimum atomic E-state index is -0.525. The number of pyridine rings is 1. The van der Waals surface area contributed by atoms with Gasteiger partial charge in [-0.2, -0.15) is 15.0 Å². The van der Waals surface area contributed by atoms with Gasteiger partial charge in [0.25, 0.3) is 17.7 Å². The first-order valence-corrected chi connectivity index (χ1v) is 10.8. The molecule has 0 atom stereocenters. The first-order chi connectivity index (χ1) is 16.1. The summed E-state index contributed by atoms with van der Waals surface area (Å²) < 4.78 is 1.36. The number of carbonyl (C=O) groups is 3. The molecule has 5 rings (SSSR count). The maximum absolute atomic E-state index is 13.0. The van der Waals surface area contributed by atoms with Crippen LogP contribution in [-0.2, 0) is 0 Å². The van der Waals surface area contributed by atoms with Crippen LogP contribution in [0.3, 0.4) is 0 Å². The largest absolute Gasteiger partial charge is 0.305 e. The summed E-state index contributed by atoms with van der Waals surface area (Å²) in [5, 5.41) is 16.3. The van der Waals surface area contributed by atoms with Gasteiger partial charge in [-0.15, -0.1) is 0 Å². The SMILES string of the molecule is N#Cc1cnn(-c2ccccn2)c1NC(=O)c1ccc2c(c1)C(=O)N(C1CCCCC1)C2=O. The number of nitriles is 1. The lowest BCUT2D eigenvalue weighted by Gasteiger charge is -2.29. The molecule has 1 saturated carbocycles. The number of hydrogen-bond donors (Lipinski definition) is 1. The zero-order valence-electron chi connectivity index (χ0n) is 17.7. The molecule has 3 aromatic rings. The van der Waals surface area contributed by atoms with Crippen molar-refractivity contribution in [2.24, 2.45) is 0 Å². The van der Waals surface area contributed by atoms with Gasteiger partial charge in [-0.05, 0) is 43.2 Å². The normalized spacial score (nSPS) is 15.9. The number of fused-ring (bicyclic) bond motifs is 1. The molecule has 1 aliphatic heterocycles. The highest BCUT2D eigenvalue weighted by Crippen LogP contribution is 2.31. The molecule has 1 aromatic carbocycles. The average molecular weight is 440 g/mol. The number of nitrogens with one attached hydrogen (secondary N) is 1. The second-order valence-electron chi connectivity index (χ2n) is 8.11. The summed E-state index contributed by atoms with van der Waals surface area (Å²) in [5.74, 6) is -0.565. The Morgan fingerprint density at radius 1 is 1.06 bits per heavy atom. The zero-order chi connectivity index (χ0) is 22.9. The third kappa shape index (κ3) is 3.55. The summed E-state index contributed by atoms with van der Waals surface area (Å²) in [5.41, 5.74) is 0.929. The van der Waals surface area contributed by atoms with E-state index in [2.05, 4.69) is 15.4 Å². The van der Waals surface area contributed by atoms with Crippen molar-refractivity contribution in [2.45, 2.75) is 38.1 Å². The lowest BCUT2D eigenvalue weighted by molar-refractivity contribution is 0.0549. The molecule has 1 N–H and O–H groups in total. The molecular weight excluding hydrogens is 420 g/mol. The third-order valence-corrected chi connectivity index (χ3v) is 6.11. The van der Waals surface area contributed by atoms with Crippen molar-refractivity contribution in [3.8, 4) is 11.9 Å². The number of amides is 3. The van der Waals surface area contributed by atoms with Gasteiger partial charge in [0.2, 0.25) is 0 Å². The molecule has 3 heterocycles. The van der Waals surface area contributed by atoms with E-state index in [1.807, 2.05) is 6.07 Å². The Hall–Kier alpha value is -4.32. The standard InChI is InChI=1S/C24H20N6O3/c25-13-16-14-27-30(20-8-4-5-11-26-20)21(16)28-22(31)15-9-10-18-19(12-15)24(33)29(23(18)32)17-6-2-1-3-7-17/h4-5,8-12,14,17H,1-3,6-7H2,(H,28,31). The van der Waals surface area contributed by atoms with Crippen LogP contribution in [0, 0.1) is 11.3 Å². The molecule has 1 aliphatic carbocycles. The number of carbonyl (C=O) groups excluding carboxylic acids is 3. The fourth-order valence-electron chi connectivity index (χ4n) is 4.45. The Labute approximate surface area is 189 Å². The van der Waals surface area contributed by atoms with E-state index in [-0.39, 0.29) is 40.4 Å². The highest BCUT2D eigenvalue weighted by molar-refractivity contribution is 6.22. The quantitative estimate of drug-likeness (QED) is 0.621. The van der Waals surface area contributed by atoms with Gasteiger partial charge in [0.15, 0.2) is 11.6 Å². The van der Waals surface area contributed by atoms with Crippen LogP contribution >= 0.6 is 0 Å². The van der Waals surface area contributed by atoms with Gasteiger partial charge in [0.1, 0.15) is 11.6 Å². The monoisotopic (exact) mass is 440 g/mol. The van der Waals surface area contributed by atoms with Gasteiger partial charge in [0.05, 0.1) is 17.3 Å². The predicted octanol–water partition coefficient (Wildman–Crippen LogP) is 3.32. The van der Waals surface area contributed by atoms with E-state index in [0.29, 0.717) is 11.4 Å². The summed E-state index contributed by atoms with van der Waals surface area (Å²) >= 11 is 0. The topological polar surface area (TPSA) is 121 Å². The maximum Gasteiger partial charge on any atom is 0.261 e. The number of imide groups is 1. The third-order valence-electron chi connectivity index (χ3n) is 6.11. The van der Waals surface area contributed by atoms with Crippen molar-refractivity contribution < 1.29 is 14.4 Å². The van der Waals surface area contributed by atoms with Crippen LogP contribution < -0.4 is 5.32 Å². The van der Waals surface area contributed by atoms with Gasteiger partial charge in [-0.1, -0.05) is 25.3 Å². The van der Waals surface area contributed by atoms with Crippen LogP contribution in [0.5, 0.6) is 0 Å². The fraction of sp³-hybridized carbons (Fsp3) is 0.250. The van der Waals surface area contributed by atoms with Crippen LogP contribution in [-0.4, -0.2) is 43.4 Å². The van der Waals surface area contributed by atoms with Gasteiger partial charge in [-0.25, -0.2) is 4.98 Å². The minimum absolute atomic E-state index is 0.0886. The average Bonchev–Trinajstić information content (AvgIpc) is 3.37. The van der Waals surface area contributed by atoms with E-state index in [9.17, 15) is 19.6 Å². The van der Waals surface area contributed by atoms with E-state index in [0.717, 1.165) is 32.1 Å². The number of aromatic nitrogens is 3. The molecule has 0 bridgehead atoms. The van der Waals surface area contributed by atoms with Crippen LogP contribution in [0.4, 0.5) is 5.82 Å². The van der Waals surface area contributed by atoms with Crippen LogP contribution in [0.2, 0.25) is 0 Å². The molecule has 0 unspecified atom stereocenters. The van der Waals surface area contributed by atoms with Crippen LogP contribution in [0.1, 0.15) is 68.7 Å².